The number of benzene rings is 3. The van der Waals surface area contributed by atoms with E-state index in [0.717, 1.165) is 0 Å². The lowest BCUT2D eigenvalue weighted by molar-refractivity contribution is -0.312. The molecule has 3 aliphatic rings. The van der Waals surface area contributed by atoms with E-state index in [2.05, 4.69) is 15.0 Å². The fraction of sp³-hybridized carbons (Fsp3) is 0.438. The molecule has 0 saturated heterocycles. The Balaban J connectivity index is 0.000000531. The second-order valence-corrected chi connectivity index (χ2v) is 18.7. The third kappa shape index (κ3) is 18.2. The Bertz CT molecular complexity index is 2520. The van der Waals surface area contributed by atoms with E-state index in [9.17, 15) is 74.7 Å². The van der Waals surface area contributed by atoms with Gasteiger partial charge in [0.1, 0.15) is 72.9 Å². The third-order valence-electron chi connectivity index (χ3n) is 9.88. The molecular formula is C48H57N3O18S3-6. The lowest BCUT2D eigenvalue weighted by atomic mass is 10.1. The molecule has 0 aromatic heterocycles. The van der Waals surface area contributed by atoms with Crippen LogP contribution in [-0.2, 0) is 28.8 Å². The number of aliphatic carboxylic acids is 6. The van der Waals surface area contributed by atoms with Gasteiger partial charge < -0.3 is 88.9 Å². The Kier molecular flexibility index (Phi) is 25.0. The Morgan fingerprint density at radius 3 is 1.10 bits per heavy atom. The largest absolute Gasteiger partial charge is 0.550 e. The minimum Gasteiger partial charge on any atom is -0.550 e. The normalized spacial score (nSPS) is 19.3. The summed E-state index contributed by atoms with van der Waals surface area (Å²) in [6.45, 7) is 4.36. The summed E-state index contributed by atoms with van der Waals surface area (Å²) in [5, 5.41) is 95.5. The molecule has 0 bridgehead atoms. The van der Waals surface area contributed by atoms with Crippen LogP contribution in [0.15, 0.2) is 69.6 Å². The number of hydrogen-bond acceptors (Lipinski definition) is 24. The van der Waals surface area contributed by atoms with Gasteiger partial charge in [0.2, 0.25) is 0 Å². The number of thioether (sulfide) groups is 3. The number of carboxylic acid groups (broad SMARTS) is 6. The zero-order chi connectivity index (χ0) is 51.1. The summed E-state index contributed by atoms with van der Waals surface area (Å²) in [5.41, 5.74) is -2.68. The first-order valence-corrected chi connectivity index (χ1v) is 23.7. The summed E-state index contributed by atoms with van der Waals surface area (Å²) < 4.78 is 15.7. The van der Waals surface area contributed by atoms with Crippen molar-refractivity contribution in [2.75, 3.05) is 37.1 Å². The quantitative estimate of drug-likeness (QED) is 0.116. The molecule has 21 nitrogen and oxygen atoms in total. The van der Waals surface area contributed by atoms with Crippen molar-refractivity contribution in [2.45, 2.75) is 98.2 Å². The molecule has 0 aliphatic carbocycles. The molecule has 3 aliphatic heterocycles. The molecule has 3 aromatic rings. The van der Waals surface area contributed by atoms with E-state index in [1.54, 1.807) is 24.3 Å². The summed E-state index contributed by atoms with van der Waals surface area (Å²) in [7, 11) is 0. The standard InChI is InChI=1S/C17H21NO6S.C15H17NO6S.C13H13NO6S.3CH4/c1-17(16(22)23)10-25-15(18-17)12-7-6-11(9-13(12)19)24-8-4-2-3-5-14(20)21;1-15(14(20)21)8-23-13(16-15)10-5-4-9(7-11(10)17)22-6-2-3-12(18)19;1-13(12(18)19)6-21-11(14-13)8-3-2-7(4-9(8)15)20-5-10(16)17;;;/h6-7,9,19H,2-5,8,10H2,1H3,(H,20,21)(H,22,23);4-5,7,17H,2-3,6,8H2,1H3,(H,18,19)(H,20,21);2-4,15H,5-6H2,1H3,(H,16,17)(H,18,19);3*1H4/p-6/t17-;15-;13-;;;/m111.../s1. The average Bonchev–Trinajstić information content (AvgIpc) is 4.01. The summed E-state index contributed by atoms with van der Waals surface area (Å²) in [5.74, 6) is -5.91. The van der Waals surface area contributed by atoms with Crippen molar-refractivity contribution in [1.29, 1.82) is 0 Å². The molecule has 3 atom stereocenters. The first kappa shape index (κ1) is 63.4. The molecule has 0 spiro atoms. The average molecular weight is 1060 g/mol. The molecule has 0 amide bonds. The monoisotopic (exact) mass is 1060 g/mol. The first-order valence-electron chi connectivity index (χ1n) is 20.8. The van der Waals surface area contributed by atoms with Gasteiger partial charge in [0, 0.05) is 64.1 Å². The highest BCUT2D eigenvalue weighted by Crippen LogP contribution is 2.38. The highest BCUT2D eigenvalue weighted by Gasteiger charge is 2.35. The van der Waals surface area contributed by atoms with Crippen LogP contribution in [0.5, 0.6) is 34.5 Å². The number of carbonyl (C=O) groups excluding carboxylic acids is 6. The highest BCUT2D eigenvalue weighted by molar-refractivity contribution is 8.15. The Hall–Kier alpha value is -6.66. The number of carbonyl (C=O) groups is 6. The van der Waals surface area contributed by atoms with E-state index in [1.165, 1.54) is 86.4 Å². The molecule has 3 heterocycles. The number of unbranched alkanes of at least 4 members (excludes halogenated alkanes) is 2. The topological polar surface area (TPSA) is 366 Å². The van der Waals surface area contributed by atoms with Crippen molar-refractivity contribution in [3.05, 3.63) is 71.3 Å². The van der Waals surface area contributed by atoms with E-state index in [0.29, 0.717) is 75.6 Å². The van der Waals surface area contributed by atoms with E-state index in [-0.39, 0.29) is 82.0 Å². The van der Waals surface area contributed by atoms with Gasteiger partial charge in [0.05, 0.1) is 37.1 Å². The Morgan fingerprint density at radius 1 is 0.486 bits per heavy atom. The van der Waals surface area contributed by atoms with Crippen molar-refractivity contribution in [2.24, 2.45) is 15.0 Å². The van der Waals surface area contributed by atoms with Crippen LogP contribution >= 0.6 is 35.3 Å². The predicted octanol–water partition coefficient (Wildman–Crippen LogP) is -0.182. The van der Waals surface area contributed by atoms with Crippen molar-refractivity contribution < 1.29 is 88.9 Å². The van der Waals surface area contributed by atoms with E-state index >= 15 is 0 Å². The maximum Gasteiger partial charge on any atom is 0.129 e. The van der Waals surface area contributed by atoms with Crippen LogP contribution in [0, 0.1) is 0 Å². The maximum atomic E-state index is 11.1. The number of phenolic OH excluding ortho intramolecular Hbond substituents is 3. The molecular weight excluding hydrogens is 1000 g/mol. The number of carboxylic acids is 6. The van der Waals surface area contributed by atoms with Crippen LogP contribution in [0.2, 0.25) is 0 Å². The second kappa shape index (κ2) is 28.4. The van der Waals surface area contributed by atoms with Crippen LogP contribution in [-0.4, -0.2) is 120 Å². The van der Waals surface area contributed by atoms with Crippen LogP contribution in [0.3, 0.4) is 0 Å². The molecule has 3 aromatic carbocycles. The van der Waals surface area contributed by atoms with Gasteiger partial charge in [0.15, 0.2) is 0 Å². The number of rotatable bonds is 21. The number of aromatic hydroxyl groups is 3. The summed E-state index contributed by atoms with van der Waals surface area (Å²) in [4.78, 5) is 76.4. The molecule has 0 radical (unpaired) electrons. The first-order chi connectivity index (χ1) is 32.4. The van der Waals surface area contributed by atoms with Gasteiger partial charge in [-0.1, -0.05) is 22.3 Å². The lowest BCUT2D eigenvalue weighted by Crippen LogP contribution is -2.45. The Labute approximate surface area is 429 Å². The van der Waals surface area contributed by atoms with E-state index in [1.807, 2.05) is 0 Å². The number of hydrogen-bond donors (Lipinski definition) is 3. The molecule has 72 heavy (non-hydrogen) atoms. The second-order valence-electron chi connectivity index (χ2n) is 15.9. The maximum absolute atomic E-state index is 11.1. The fourth-order valence-corrected chi connectivity index (χ4v) is 9.44. The number of nitrogens with zero attached hydrogens (tertiary/aromatic N) is 3. The number of ether oxygens (including phenoxy) is 3. The van der Waals surface area contributed by atoms with E-state index in [4.69, 9.17) is 14.2 Å². The van der Waals surface area contributed by atoms with Gasteiger partial charge in [-0.25, -0.2) is 0 Å². The zero-order valence-corrected chi connectivity index (χ0v) is 39.7. The molecule has 3 N–H and O–H groups in total. The summed E-state index contributed by atoms with van der Waals surface area (Å²) in [6.07, 6.45) is 2.20. The fourth-order valence-electron chi connectivity index (χ4n) is 5.85. The van der Waals surface area contributed by atoms with Crippen LogP contribution in [0.1, 0.15) is 98.3 Å². The lowest BCUT2D eigenvalue weighted by Gasteiger charge is -2.19. The SMILES string of the molecule is C.C.C.C[C@]1(C(=O)[O-])CSC(c2ccc(OCC(=O)[O-])cc2O)=N1.C[C@]1(C(=O)[O-])CSC(c2ccc(OCCCC(=O)[O-])cc2O)=N1.C[C@]1(C(=O)[O-])CSC(c2ccc(OCCCCCC(=O)[O-])cc2O)=N1. The van der Waals surface area contributed by atoms with Crippen molar-refractivity contribution in [3.8, 4) is 34.5 Å². The zero-order valence-electron chi connectivity index (χ0n) is 37.2. The molecule has 6 rings (SSSR count). The van der Waals surface area contributed by atoms with Gasteiger partial charge in [-0.2, -0.15) is 0 Å². The minimum absolute atomic E-state index is 0. The van der Waals surface area contributed by atoms with Gasteiger partial charge >= 0.3 is 0 Å². The molecule has 0 unspecified atom stereocenters. The van der Waals surface area contributed by atoms with Gasteiger partial charge in [-0.15, -0.1) is 35.3 Å². The smallest absolute Gasteiger partial charge is 0.129 e. The molecule has 24 heteroatoms. The van der Waals surface area contributed by atoms with Crippen LogP contribution in [0.25, 0.3) is 0 Å². The van der Waals surface area contributed by atoms with Gasteiger partial charge in [0.25, 0.3) is 0 Å². The number of phenols is 3. The third-order valence-corrected chi connectivity index (χ3v) is 13.8. The highest BCUT2D eigenvalue weighted by atomic mass is 32.2. The van der Waals surface area contributed by atoms with Crippen molar-refractivity contribution in [1.82, 2.24) is 0 Å². The summed E-state index contributed by atoms with van der Waals surface area (Å²) >= 11 is 3.68. The number of aliphatic imine (C=N–C) groups is 3. The summed E-state index contributed by atoms with van der Waals surface area (Å²) in [6, 6.07) is 13.5. The van der Waals surface area contributed by atoms with Crippen LogP contribution < -0.4 is 44.8 Å². The predicted molar refractivity (Wildman–Crippen MR) is 261 cm³/mol. The van der Waals surface area contributed by atoms with Crippen molar-refractivity contribution >= 4 is 86.2 Å². The molecule has 0 fully saturated rings. The van der Waals surface area contributed by atoms with E-state index < -0.39 is 59.0 Å². The van der Waals surface area contributed by atoms with Crippen molar-refractivity contribution in [3.63, 3.8) is 0 Å². The van der Waals surface area contributed by atoms with Crippen LogP contribution in [0.4, 0.5) is 0 Å². The molecule has 396 valence electrons. The minimum atomic E-state index is -1.38. The Morgan fingerprint density at radius 2 is 0.806 bits per heavy atom. The van der Waals surface area contributed by atoms with Gasteiger partial charge in [-0.3, -0.25) is 15.0 Å². The molecule has 0 saturated carbocycles. The van der Waals surface area contributed by atoms with Gasteiger partial charge in [-0.05, 0) is 95.7 Å².